The van der Waals surface area contributed by atoms with Gasteiger partial charge >= 0.3 is 0 Å². The first-order valence-corrected chi connectivity index (χ1v) is 8.40. The zero-order chi connectivity index (χ0) is 19.1. The van der Waals surface area contributed by atoms with Crippen LogP contribution in [-0.4, -0.2) is 13.0 Å². The predicted octanol–water partition coefficient (Wildman–Crippen LogP) is 4.35. The molecule has 0 aromatic heterocycles. The smallest absolute Gasteiger partial charge is 0.263 e. The first-order valence-electron chi connectivity index (χ1n) is 8.02. The van der Waals surface area contributed by atoms with E-state index in [4.69, 9.17) is 16.3 Å². The second-order valence-electron chi connectivity index (χ2n) is 5.74. The van der Waals surface area contributed by atoms with Crippen molar-refractivity contribution in [2.75, 3.05) is 12.4 Å². The Morgan fingerprint density at radius 1 is 1.27 bits per heavy atom. The normalized spacial score (nSPS) is 12.0. The Morgan fingerprint density at radius 3 is 2.58 bits per heavy atom. The zero-order valence-electron chi connectivity index (χ0n) is 14.8. The molecule has 134 valence electrons. The number of nitrogens with zero attached hydrogens (tertiary/aromatic N) is 1. The van der Waals surface area contributed by atoms with Gasteiger partial charge in [0.1, 0.15) is 17.4 Å². The number of rotatable bonds is 6. The average molecular weight is 370 g/mol. The molecular weight excluding hydrogens is 350 g/mol. The fourth-order valence-corrected chi connectivity index (χ4v) is 2.47. The van der Waals surface area contributed by atoms with Gasteiger partial charge in [0.15, 0.2) is 0 Å². The summed E-state index contributed by atoms with van der Waals surface area (Å²) in [6.07, 6.45) is 1.38. The monoisotopic (exact) mass is 369 g/mol. The van der Waals surface area contributed by atoms with E-state index in [1.165, 1.54) is 6.20 Å². The van der Waals surface area contributed by atoms with Gasteiger partial charge in [-0.1, -0.05) is 29.8 Å². The van der Waals surface area contributed by atoms with Crippen molar-refractivity contribution >= 4 is 23.2 Å². The van der Waals surface area contributed by atoms with Crippen molar-refractivity contribution in [1.29, 1.82) is 5.26 Å². The first kappa shape index (κ1) is 19.4. The molecule has 26 heavy (non-hydrogen) atoms. The van der Waals surface area contributed by atoms with Crippen LogP contribution in [0, 0.1) is 18.3 Å². The molecule has 2 aromatic carbocycles. The Balaban J connectivity index is 2.07. The van der Waals surface area contributed by atoms with E-state index in [0.29, 0.717) is 5.02 Å². The molecule has 0 aliphatic heterocycles. The summed E-state index contributed by atoms with van der Waals surface area (Å²) in [7, 11) is 1.60. The van der Waals surface area contributed by atoms with E-state index in [1.807, 2.05) is 50.2 Å². The number of carbonyl (C=O) groups is 1. The Hall–Kier alpha value is -2.97. The number of amides is 1. The first-order chi connectivity index (χ1) is 12.4. The summed E-state index contributed by atoms with van der Waals surface area (Å²) in [5, 5.41) is 15.6. The number of carbonyl (C=O) groups excluding carboxylic acids is 1. The van der Waals surface area contributed by atoms with Crippen LogP contribution in [0.3, 0.4) is 0 Å². The lowest BCUT2D eigenvalue weighted by Gasteiger charge is -2.14. The van der Waals surface area contributed by atoms with E-state index in [-0.39, 0.29) is 11.6 Å². The van der Waals surface area contributed by atoms with Crippen molar-refractivity contribution in [2.45, 2.75) is 19.9 Å². The number of hydrogen-bond acceptors (Lipinski definition) is 4. The minimum Gasteiger partial charge on any atom is -0.497 e. The highest BCUT2D eigenvalue weighted by atomic mass is 35.5. The van der Waals surface area contributed by atoms with E-state index in [0.717, 1.165) is 22.6 Å². The van der Waals surface area contributed by atoms with Crippen molar-refractivity contribution < 1.29 is 9.53 Å². The summed E-state index contributed by atoms with van der Waals surface area (Å²) in [5.41, 5.74) is 2.58. The van der Waals surface area contributed by atoms with Gasteiger partial charge in [0, 0.05) is 16.9 Å². The van der Waals surface area contributed by atoms with Crippen LogP contribution in [0.15, 0.2) is 54.2 Å². The van der Waals surface area contributed by atoms with Gasteiger partial charge in [-0.2, -0.15) is 5.26 Å². The fraction of sp³-hybridized carbons (Fsp3) is 0.200. The molecule has 2 N–H and O–H groups in total. The van der Waals surface area contributed by atoms with Gasteiger partial charge in [0.2, 0.25) is 0 Å². The summed E-state index contributed by atoms with van der Waals surface area (Å²) in [6, 6.07) is 14.4. The van der Waals surface area contributed by atoms with E-state index < -0.39 is 5.91 Å². The summed E-state index contributed by atoms with van der Waals surface area (Å²) in [4.78, 5) is 12.4. The summed E-state index contributed by atoms with van der Waals surface area (Å²) in [6.45, 7) is 3.76. The van der Waals surface area contributed by atoms with Gasteiger partial charge < -0.3 is 15.4 Å². The minimum atomic E-state index is -0.456. The number of aryl methyl sites for hydroxylation is 1. The molecule has 0 saturated heterocycles. The molecule has 0 radical (unpaired) electrons. The van der Waals surface area contributed by atoms with Gasteiger partial charge in [-0.25, -0.2) is 0 Å². The topological polar surface area (TPSA) is 74.1 Å². The molecule has 0 heterocycles. The Labute approximate surface area is 158 Å². The zero-order valence-corrected chi connectivity index (χ0v) is 15.6. The third kappa shape index (κ3) is 5.01. The molecule has 1 atom stereocenters. The summed E-state index contributed by atoms with van der Waals surface area (Å²) in [5.74, 6) is 0.286. The molecule has 2 aromatic rings. The minimum absolute atomic E-state index is 0.0234. The summed E-state index contributed by atoms with van der Waals surface area (Å²) < 4.78 is 5.12. The number of ether oxygens (including phenoxy) is 1. The number of nitrogens with one attached hydrogen (secondary N) is 2. The fourth-order valence-electron chi connectivity index (χ4n) is 2.30. The van der Waals surface area contributed by atoms with E-state index in [2.05, 4.69) is 10.6 Å². The van der Waals surface area contributed by atoms with Crippen LogP contribution in [-0.2, 0) is 4.79 Å². The number of methoxy groups -OCH3 is 1. The number of nitriles is 1. The predicted molar refractivity (Wildman–Crippen MR) is 103 cm³/mol. The number of anilines is 1. The van der Waals surface area contributed by atoms with Crippen LogP contribution in [0.5, 0.6) is 5.75 Å². The third-order valence-electron chi connectivity index (χ3n) is 3.90. The number of halogens is 1. The molecule has 1 unspecified atom stereocenters. The molecular formula is C20H20ClN3O2. The van der Waals surface area contributed by atoms with Crippen LogP contribution in [0.2, 0.25) is 5.02 Å². The van der Waals surface area contributed by atoms with Gasteiger partial charge in [-0.05, 0) is 49.2 Å². The van der Waals surface area contributed by atoms with Gasteiger partial charge in [-0.3, -0.25) is 4.79 Å². The second kappa shape index (κ2) is 8.93. The lowest BCUT2D eigenvalue weighted by atomic mass is 10.1. The van der Waals surface area contributed by atoms with Crippen LogP contribution >= 0.6 is 11.6 Å². The van der Waals surface area contributed by atoms with Crippen molar-refractivity contribution in [1.82, 2.24) is 5.32 Å². The molecule has 2 rings (SSSR count). The quantitative estimate of drug-likeness (QED) is 0.586. The standard InChI is InChI=1S/C20H20ClN3O2/c1-13-4-7-17(21)10-19(13)23-12-16(11-22)20(25)24-14(2)15-5-8-18(26-3)9-6-15/h4-10,12,14,23H,1-3H3,(H,24,25)/b16-12-. The number of hydrogen-bond donors (Lipinski definition) is 2. The van der Waals surface area contributed by atoms with E-state index >= 15 is 0 Å². The van der Waals surface area contributed by atoms with Crippen molar-refractivity contribution in [3.8, 4) is 11.8 Å². The maximum atomic E-state index is 12.4. The van der Waals surface area contributed by atoms with Gasteiger partial charge in [0.05, 0.1) is 13.2 Å². The number of benzene rings is 2. The van der Waals surface area contributed by atoms with E-state index in [1.54, 1.807) is 19.2 Å². The molecule has 5 nitrogen and oxygen atoms in total. The van der Waals surface area contributed by atoms with Crippen LogP contribution < -0.4 is 15.4 Å². The molecule has 0 fully saturated rings. The molecule has 6 heteroatoms. The highest BCUT2D eigenvalue weighted by Gasteiger charge is 2.14. The van der Waals surface area contributed by atoms with Crippen molar-refractivity contribution in [3.63, 3.8) is 0 Å². The largest absolute Gasteiger partial charge is 0.497 e. The maximum absolute atomic E-state index is 12.4. The molecule has 1 amide bonds. The molecule has 0 aliphatic carbocycles. The molecule has 0 bridgehead atoms. The van der Waals surface area contributed by atoms with Crippen molar-refractivity contribution in [2.24, 2.45) is 0 Å². The van der Waals surface area contributed by atoms with Gasteiger partial charge in [-0.15, -0.1) is 0 Å². The highest BCUT2D eigenvalue weighted by Crippen LogP contribution is 2.21. The third-order valence-corrected chi connectivity index (χ3v) is 4.14. The lowest BCUT2D eigenvalue weighted by Crippen LogP contribution is -2.28. The summed E-state index contributed by atoms with van der Waals surface area (Å²) >= 11 is 5.97. The molecule has 0 spiro atoms. The Morgan fingerprint density at radius 2 is 1.96 bits per heavy atom. The van der Waals surface area contributed by atoms with Gasteiger partial charge in [0.25, 0.3) is 5.91 Å². The molecule has 0 aliphatic rings. The van der Waals surface area contributed by atoms with Crippen LogP contribution in [0.1, 0.15) is 24.1 Å². The molecule has 0 saturated carbocycles. The van der Waals surface area contributed by atoms with E-state index in [9.17, 15) is 10.1 Å². The van der Waals surface area contributed by atoms with Crippen LogP contribution in [0.25, 0.3) is 0 Å². The maximum Gasteiger partial charge on any atom is 0.263 e. The Kier molecular flexibility index (Phi) is 6.65. The van der Waals surface area contributed by atoms with Crippen LogP contribution in [0.4, 0.5) is 5.69 Å². The highest BCUT2D eigenvalue weighted by molar-refractivity contribution is 6.30. The SMILES string of the molecule is COc1ccc(C(C)NC(=O)/C(C#N)=C\Nc2cc(Cl)ccc2C)cc1. The average Bonchev–Trinajstić information content (AvgIpc) is 2.64. The van der Waals surface area contributed by atoms with Crippen molar-refractivity contribution in [3.05, 3.63) is 70.4 Å². The Bertz CT molecular complexity index is 854. The second-order valence-corrected chi connectivity index (χ2v) is 6.18. The lowest BCUT2D eigenvalue weighted by molar-refractivity contribution is -0.117.